The topological polar surface area (TPSA) is 69.0 Å². The van der Waals surface area contributed by atoms with Crippen LogP contribution in [0.1, 0.15) is 49.6 Å². The molecule has 0 spiro atoms. The molecule has 0 bridgehead atoms. The van der Waals surface area contributed by atoms with Crippen molar-refractivity contribution in [2.45, 2.75) is 59.0 Å². The number of esters is 1. The van der Waals surface area contributed by atoms with Gasteiger partial charge >= 0.3 is 5.97 Å². The zero-order valence-corrected chi connectivity index (χ0v) is 18.0. The van der Waals surface area contributed by atoms with E-state index in [2.05, 4.69) is 51.0 Å². The van der Waals surface area contributed by atoms with Crippen molar-refractivity contribution in [3.63, 3.8) is 0 Å². The SMILES string of the molecule is CCOC(=O)C1CCC(Nc2ccc(Cn3c(C)nc4c(C)ccnc43)cc2)CC1. The smallest absolute Gasteiger partial charge is 0.308 e. The Kier molecular flexibility index (Phi) is 6.02. The van der Waals surface area contributed by atoms with E-state index in [0.29, 0.717) is 12.6 Å². The maximum absolute atomic E-state index is 11.9. The van der Waals surface area contributed by atoms with Crippen LogP contribution in [0.15, 0.2) is 36.5 Å². The number of nitrogens with zero attached hydrogens (tertiary/aromatic N) is 3. The fourth-order valence-electron chi connectivity index (χ4n) is 4.29. The number of benzene rings is 1. The lowest BCUT2D eigenvalue weighted by molar-refractivity contribution is -0.149. The van der Waals surface area contributed by atoms with Crippen molar-refractivity contribution in [1.29, 1.82) is 0 Å². The number of imidazole rings is 1. The number of anilines is 1. The Balaban J connectivity index is 1.37. The van der Waals surface area contributed by atoms with Gasteiger partial charge in [-0.25, -0.2) is 9.97 Å². The van der Waals surface area contributed by atoms with Crippen molar-refractivity contribution < 1.29 is 9.53 Å². The largest absolute Gasteiger partial charge is 0.466 e. The monoisotopic (exact) mass is 406 g/mol. The lowest BCUT2D eigenvalue weighted by Gasteiger charge is -2.28. The summed E-state index contributed by atoms with van der Waals surface area (Å²) in [5.41, 5.74) is 5.41. The van der Waals surface area contributed by atoms with Gasteiger partial charge in [-0.3, -0.25) is 4.79 Å². The molecule has 0 amide bonds. The molecule has 4 rings (SSSR count). The highest BCUT2D eigenvalue weighted by atomic mass is 16.5. The third-order valence-corrected chi connectivity index (χ3v) is 6.04. The molecule has 0 aliphatic heterocycles. The molecule has 2 aromatic heterocycles. The maximum atomic E-state index is 11.9. The number of hydrogen-bond acceptors (Lipinski definition) is 5. The summed E-state index contributed by atoms with van der Waals surface area (Å²) in [6.07, 6.45) is 5.63. The zero-order chi connectivity index (χ0) is 21.1. The van der Waals surface area contributed by atoms with Gasteiger partial charge in [-0.2, -0.15) is 0 Å². The first-order valence-corrected chi connectivity index (χ1v) is 10.9. The van der Waals surface area contributed by atoms with Crippen LogP contribution in [0.3, 0.4) is 0 Å². The van der Waals surface area contributed by atoms with Crippen LogP contribution in [0, 0.1) is 19.8 Å². The van der Waals surface area contributed by atoms with E-state index >= 15 is 0 Å². The fourth-order valence-corrected chi connectivity index (χ4v) is 4.29. The van der Waals surface area contributed by atoms with Gasteiger partial charge in [0.1, 0.15) is 11.3 Å². The van der Waals surface area contributed by atoms with Gasteiger partial charge in [0.15, 0.2) is 5.65 Å². The van der Waals surface area contributed by atoms with Crippen molar-refractivity contribution in [3.05, 3.63) is 53.5 Å². The Morgan fingerprint density at radius 1 is 1.13 bits per heavy atom. The summed E-state index contributed by atoms with van der Waals surface area (Å²) < 4.78 is 7.33. The number of pyridine rings is 1. The van der Waals surface area contributed by atoms with Gasteiger partial charge in [-0.05, 0) is 75.8 Å². The van der Waals surface area contributed by atoms with Crippen LogP contribution in [0.2, 0.25) is 0 Å². The quantitative estimate of drug-likeness (QED) is 0.605. The molecule has 0 saturated heterocycles. The Morgan fingerprint density at radius 2 is 1.87 bits per heavy atom. The highest BCUT2D eigenvalue weighted by molar-refractivity contribution is 5.75. The first-order valence-electron chi connectivity index (χ1n) is 10.9. The summed E-state index contributed by atoms with van der Waals surface area (Å²) in [6, 6.07) is 11.0. The first-order chi connectivity index (χ1) is 14.5. The Labute approximate surface area is 177 Å². The van der Waals surface area contributed by atoms with Crippen LogP contribution in [-0.2, 0) is 16.1 Å². The molecule has 1 fully saturated rings. The van der Waals surface area contributed by atoms with Crippen LogP contribution >= 0.6 is 0 Å². The summed E-state index contributed by atoms with van der Waals surface area (Å²) in [4.78, 5) is 21.1. The molecule has 0 atom stereocenters. The number of ether oxygens (including phenoxy) is 1. The Morgan fingerprint density at radius 3 is 2.57 bits per heavy atom. The number of carbonyl (C=O) groups is 1. The molecule has 0 radical (unpaired) electrons. The number of rotatable bonds is 6. The molecule has 158 valence electrons. The minimum Gasteiger partial charge on any atom is -0.466 e. The van der Waals surface area contributed by atoms with Crippen molar-refractivity contribution in [1.82, 2.24) is 14.5 Å². The summed E-state index contributed by atoms with van der Waals surface area (Å²) in [5, 5.41) is 3.62. The van der Waals surface area contributed by atoms with Crippen LogP contribution < -0.4 is 5.32 Å². The molecule has 1 aliphatic carbocycles. The molecule has 30 heavy (non-hydrogen) atoms. The van der Waals surface area contributed by atoms with Gasteiger partial charge in [0.25, 0.3) is 0 Å². The van der Waals surface area contributed by atoms with E-state index < -0.39 is 0 Å². The number of nitrogens with one attached hydrogen (secondary N) is 1. The first kappa shape index (κ1) is 20.4. The molecule has 2 heterocycles. The highest BCUT2D eigenvalue weighted by Gasteiger charge is 2.27. The summed E-state index contributed by atoms with van der Waals surface area (Å²) in [6.45, 7) is 7.19. The van der Waals surface area contributed by atoms with Crippen molar-refractivity contribution >= 4 is 22.8 Å². The van der Waals surface area contributed by atoms with Crippen molar-refractivity contribution in [2.75, 3.05) is 11.9 Å². The van der Waals surface area contributed by atoms with Crippen molar-refractivity contribution in [3.8, 4) is 0 Å². The number of fused-ring (bicyclic) bond motifs is 1. The molecule has 6 nitrogen and oxygen atoms in total. The summed E-state index contributed by atoms with van der Waals surface area (Å²) >= 11 is 0. The van der Waals surface area contributed by atoms with E-state index in [1.54, 1.807) is 0 Å². The molecular weight excluding hydrogens is 376 g/mol. The predicted molar refractivity (Wildman–Crippen MR) is 119 cm³/mol. The minimum absolute atomic E-state index is 0.0349. The molecule has 6 heteroatoms. The molecular formula is C24H30N4O2. The molecule has 1 aromatic carbocycles. The summed E-state index contributed by atoms with van der Waals surface area (Å²) in [5.74, 6) is 1.01. The Bertz CT molecular complexity index is 1020. The van der Waals surface area contributed by atoms with Crippen LogP contribution in [0.4, 0.5) is 5.69 Å². The van der Waals surface area contributed by atoms with E-state index in [1.807, 2.05) is 26.1 Å². The summed E-state index contributed by atoms with van der Waals surface area (Å²) in [7, 11) is 0. The number of hydrogen-bond donors (Lipinski definition) is 1. The third kappa shape index (κ3) is 4.32. The molecule has 3 aromatic rings. The second-order valence-corrected chi connectivity index (χ2v) is 8.19. The molecule has 1 saturated carbocycles. The van der Waals surface area contributed by atoms with E-state index in [9.17, 15) is 4.79 Å². The van der Waals surface area contributed by atoms with Gasteiger partial charge < -0.3 is 14.6 Å². The normalized spacial score (nSPS) is 19.0. The molecule has 1 aliphatic rings. The predicted octanol–water partition coefficient (Wildman–Crippen LogP) is 4.63. The van der Waals surface area contributed by atoms with Crippen LogP contribution in [0.5, 0.6) is 0 Å². The second-order valence-electron chi connectivity index (χ2n) is 8.19. The molecule has 0 unspecified atom stereocenters. The Hall–Kier alpha value is -2.89. The van der Waals surface area contributed by atoms with Gasteiger partial charge in [0.05, 0.1) is 19.1 Å². The number of carbonyl (C=O) groups excluding carboxylic acids is 1. The van der Waals surface area contributed by atoms with Gasteiger partial charge in [-0.1, -0.05) is 12.1 Å². The van der Waals surface area contributed by atoms with Crippen LogP contribution in [-0.4, -0.2) is 33.2 Å². The van der Waals surface area contributed by atoms with E-state index in [0.717, 1.165) is 60.5 Å². The van der Waals surface area contributed by atoms with Gasteiger partial charge in [0, 0.05) is 17.9 Å². The molecule has 1 N–H and O–H groups in total. The van der Waals surface area contributed by atoms with Gasteiger partial charge in [0.2, 0.25) is 0 Å². The van der Waals surface area contributed by atoms with Crippen LogP contribution in [0.25, 0.3) is 11.2 Å². The van der Waals surface area contributed by atoms with E-state index in [4.69, 9.17) is 4.74 Å². The lowest BCUT2D eigenvalue weighted by Crippen LogP contribution is -2.30. The van der Waals surface area contributed by atoms with E-state index in [1.165, 1.54) is 5.56 Å². The second kappa shape index (κ2) is 8.86. The number of aromatic nitrogens is 3. The average molecular weight is 407 g/mol. The number of aryl methyl sites for hydroxylation is 2. The average Bonchev–Trinajstić information content (AvgIpc) is 3.07. The standard InChI is InChI=1S/C24H30N4O2/c1-4-30-24(29)19-7-11-21(12-8-19)27-20-9-5-18(6-10-20)15-28-17(3)26-22-16(2)13-14-25-23(22)28/h5-6,9-10,13-14,19,21,27H,4,7-8,11-12,15H2,1-3H3. The zero-order valence-electron chi connectivity index (χ0n) is 18.0. The highest BCUT2D eigenvalue weighted by Crippen LogP contribution is 2.28. The van der Waals surface area contributed by atoms with E-state index in [-0.39, 0.29) is 11.9 Å². The fraction of sp³-hybridized carbons (Fsp3) is 0.458. The van der Waals surface area contributed by atoms with Gasteiger partial charge in [-0.15, -0.1) is 0 Å². The minimum atomic E-state index is -0.0349. The lowest BCUT2D eigenvalue weighted by atomic mass is 9.86. The maximum Gasteiger partial charge on any atom is 0.308 e. The van der Waals surface area contributed by atoms with Crippen molar-refractivity contribution in [2.24, 2.45) is 5.92 Å². The third-order valence-electron chi connectivity index (χ3n) is 6.04.